The topological polar surface area (TPSA) is 92.7 Å². The lowest BCUT2D eigenvalue weighted by molar-refractivity contribution is -0.788. The number of aromatic nitrogens is 2. The minimum atomic E-state index is -0.483. The fraction of sp³-hybridized carbons (Fsp3) is 0.143. The average molecular weight is 288 g/mol. The number of nitrogens with zero attached hydrogens (tertiary/aromatic N) is 3. The van der Waals surface area contributed by atoms with Crippen LogP contribution in [0, 0.1) is 0 Å². The summed E-state index contributed by atoms with van der Waals surface area (Å²) in [6.07, 6.45) is 6.53. The van der Waals surface area contributed by atoms with Crippen molar-refractivity contribution in [3.63, 3.8) is 0 Å². The van der Waals surface area contributed by atoms with E-state index in [-0.39, 0.29) is 13.5 Å². The molecule has 0 aromatic carbocycles. The average Bonchev–Trinajstić information content (AvgIpc) is 2.49. The van der Waals surface area contributed by atoms with Gasteiger partial charge < -0.3 is 10.9 Å². The van der Waals surface area contributed by atoms with Gasteiger partial charge in [-0.05, 0) is 12.1 Å². The largest absolute Gasteiger partial charge is 0.411 e. The Balaban J connectivity index is 1.99. The van der Waals surface area contributed by atoms with E-state index in [0.29, 0.717) is 11.3 Å². The van der Waals surface area contributed by atoms with E-state index >= 15 is 0 Å². The molecule has 0 unspecified atom stereocenters. The number of nitrogens with two attached hydrogens (primary N) is 1. The number of carbonyl (C=O) groups is 1. The van der Waals surface area contributed by atoms with Gasteiger partial charge in [-0.2, -0.15) is 9.13 Å². The Morgan fingerprint density at radius 3 is 2.90 bits per heavy atom. The summed E-state index contributed by atoms with van der Waals surface area (Å²) < 4.78 is 9.05. The zero-order valence-corrected chi connectivity index (χ0v) is 11.3. The van der Waals surface area contributed by atoms with Crippen molar-refractivity contribution < 1.29 is 23.9 Å². The Kier molecular flexibility index (Phi) is 4.94. The highest BCUT2D eigenvalue weighted by Crippen LogP contribution is 1.92. The Labute approximate surface area is 121 Å². The first kappa shape index (κ1) is 14.6. The molecule has 0 atom stereocenters. The van der Waals surface area contributed by atoms with E-state index in [0.717, 1.165) is 0 Å². The second kappa shape index (κ2) is 7.11. The lowest BCUT2D eigenvalue weighted by Crippen LogP contribution is -2.43. The summed E-state index contributed by atoms with van der Waals surface area (Å²) in [7, 11) is 0. The van der Waals surface area contributed by atoms with Gasteiger partial charge in [-0.15, -0.1) is 0 Å². The van der Waals surface area contributed by atoms with Crippen LogP contribution in [-0.4, -0.2) is 17.3 Å². The van der Waals surface area contributed by atoms with Gasteiger partial charge in [0.25, 0.3) is 19.4 Å². The molecular formula is C14H16N4O3+2. The molecule has 2 aromatic rings. The van der Waals surface area contributed by atoms with Crippen LogP contribution >= 0.6 is 0 Å². The van der Waals surface area contributed by atoms with Gasteiger partial charge in [0.2, 0.25) is 5.69 Å². The number of pyridine rings is 2. The molecule has 3 N–H and O–H groups in total. The van der Waals surface area contributed by atoms with E-state index in [2.05, 4.69) is 5.16 Å². The smallest absolute Gasteiger partial charge is 0.258 e. The molecule has 108 valence electrons. The molecule has 0 aliphatic rings. The fourth-order valence-electron chi connectivity index (χ4n) is 1.78. The van der Waals surface area contributed by atoms with Crippen molar-refractivity contribution in [1.29, 1.82) is 0 Å². The molecule has 0 aliphatic carbocycles. The van der Waals surface area contributed by atoms with E-state index in [9.17, 15) is 4.79 Å². The number of hydrogen-bond acceptors (Lipinski definition) is 4. The third kappa shape index (κ3) is 4.08. The highest BCUT2D eigenvalue weighted by Gasteiger charge is 2.10. The monoisotopic (exact) mass is 288 g/mol. The summed E-state index contributed by atoms with van der Waals surface area (Å²) in [5.74, 6) is -0.483. The quantitative estimate of drug-likeness (QED) is 0.334. The summed E-state index contributed by atoms with van der Waals surface area (Å²) in [5.41, 5.74) is 6.34. The molecule has 0 bridgehead atoms. The minimum absolute atomic E-state index is 0.263. The van der Waals surface area contributed by atoms with Gasteiger partial charge in [0.05, 0.1) is 0 Å². The van der Waals surface area contributed by atoms with Crippen LogP contribution in [-0.2, 0) is 18.2 Å². The number of ether oxygens (including phenoxy) is 1. The van der Waals surface area contributed by atoms with Crippen molar-refractivity contribution in [3.05, 3.63) is 60.2 Å². The maximum atomic E-state index is 11.1. The van der Waals surface area contributed by atoms with Gasteiger partial charge in [0, 0.05) is 18.2 Å². The molecule has 21 heavy (non-hydrogen) atoms. The molecule has 0 saturated heterocycles. The van der Waals surface area contributed by atoms with Gasteiger partial charge in [0.1, 0.15) is 11.8 Å². The van der Waals surface area contributed by atoms with Crippen molar-refractivity contribution in [2.75, 3.05) is 0 Å². The zero-order chi connectivity index (χ0) is 15.1. The van der Waals surface area contributed by atoms with Crippen LogP contribution in [0.15, 0.2) is 54.1 Å². The van der Waals surface area contributed by atoms with Crippen molar-refractivity contribution in [1.82, 2.24) is 0 Å². The third-order valence-electron chi connectivity index (χ3n) is 2.78. The van der Waals surface area contributed by atoms with Crippen LogP contribution in [0.4, 0.5) is 0 Å². The van der Waals surface area contributed by atoms with E-state index in [4.69, 9.17) is 15.7 Å². The molecule has 0 radical (unpaired) electrons. The van der Waals surface area contributed by atoms with Crippen LogP contribution in [0.3, 0.4) is 0 Å². The van der Waals surface area contributed by atoms with Crippen LogP contribution in [0.2, 0.25) is 0 Å². The highest BCUT2D eigenvalue weighted by molar-refractivity contribution is 5.92. The number of hydrogen-bond donors (Lipinski definition) is 2. The molecule has 7 nitrogen and oxygen atoms in total. The summed E-state index contributed by atoms with van der Waals surface area (Å²) >= 11 is 0. The Morgan fingerprint density at radius 1 is 1.29 bits per heavy atom. The predicted molar refractivity (Wildman–Crippen MR) is 72.3 cm³/mol. The Hall–Kier alpha value is -2.80. The molecule has 0 aliphatic heterocycles. The minimum Gasteiger partial charge on any atom is -0.411 e. The molecule has 1 amide bonds. The van der Waals surface area contributed by atoms with Crippen molar-refractivity contribution in [2.45, 2.75) is 13.5 Å². The van der Waals surface area contributed by atoms with Crippen molar-refractivity contribution >= 4 is 12.1 Å². The third-order valence-corrected chi connectivity index (χ3v) is 2.78. The summed E-state index contributed by atoms with van der Waals surface area (Å²) in [6.45, 7) is 0.536. The number of amides is 1. The van der Waals surface area contributed by atoms with Crippen molar-refractivity contribution in [3.8, 4) is 0 Å². The molecule has 7 heteroatoms. The SMILES string of the molecule is NC(=O)c1ccc[n+](COC[n+]2ccccc2/C=N\O)c1. The number of carbonyl (C=O) groups excluding carboxylic acids is 1. The lowest BCUT2D eigenvalue weighted by Gasteiger charge is -2.01. The first-order valence-corrected chi connectivity index (χ1v) is 6.23. The molecule has 0 saturated carbocycles. The maximum absolute atomic E-state index is 11.1. The fourth-order valence-corrected chi connectivity index (χ4v) is 1.78. The lowest BCUT2D eigenvalue weighted by atomic mass is 10.3. The second-order valence-electron chi connectivity index (χ2n) is 4.27. The Bertz CT molecular complexity index is 658. The summed E-state index contributed by atoms with van der Waals surface area (Å²) in [5, 5.41) is 11.6. The van der Waals surface area contributed by atoms with Gasteiger partial charge in [-0.3, -0.25) is 9.53 Å². The van der Waals surface area contributed by atoms with Gasteiger partial charge in [-0.25, -0.2) is 0 Å². The maximum Gasteiger partial charge on any atom is 0.258 e. The van der Waals surface area contributed by atoms with E-state index in [1.165, 1.54) is 6.21 Å². The number of primary amides is 1. The first-order chi connectivity index (χ1) is 10.2. The second-order valence-corrected chi connectivity index (χ2v) is 4.27. The molecule has 2 aromatic heterocycles. The molecule has 2 rings (SSSR count). The number of rotatable bonds is 6. The van der Waals surface area contributed by atoms with Crippen molar-refractivity contribution in [2.24, 2.45) is 10.9 Å². The van der Waals surface area contributed by atoms with Crippen LogP contribution in [0.25, 0.3) is 0 Å². The highest BCUT2D eigenvalue weighted by atomic mass is 16.5. The van der Waals surface area contributed by atoms with E-state index in [1.807, 2.05) is 18.3 Å². The van der Waals surface area contributed by atoms with E-state index < -0.39 is 5.91 Å². The Morgan fingerprint density at radius 2 is 2.14 bits per heavy atom. The molecule has 0 spiro atoms. The summed E-state index contributed by atoms with van der Waals surface area (Å²) in [6, 6.07) is 8.84. The molecule has 2 heterocycles. The standard InChI is InChI=1S/C14H14N4O3/c15-14(19)12-4-3-6-17(9-12)10-21-11-18-7-2-1-5-13(18)8-16-20/h1-9H,10-11H2,(H-,15,19)/p+2. The zero-order valence-electron chi connectivity index (χ0n) is 11.3. The van der Waals surface area contributed by atoms with Crippen LogP contribution < -0.4 is 14.9 Å². The van der Waals surface area contributed by atoms with Crippen LogP contribution in [0.5, 0.6) is 0 Å². The predicted octanol–water partition coefficient (Wildman–Crippen LogP) is -0.200. The molecule has 0 fully saturated rings. The van der Waals surface area contributed by atoms with Crippen LogP contribution in [0.1, 0.15) is 16.1 Å². The number of oxime groups is 1. The van der Waals surface area contributed by atoms with Gasteiger partial charge in [-0.1, -0.05) is 5.16 Å². The first-order valence-electron chi connectivity index (χ1n) is 6.23. The molecular weight excluding hydrogens is 272 g/mol. The van der Waals surface area contributed by atoms with Gasteiger partial charge in [0.15, 0.2) is 18.6 Å². The van der Waals surface area contributed by atoms with E-state index in [1.54, 1.807) is 39.7 Å². The summed E-state index contributed by atoms with van der Waals surface area (Å²) in [4.78, 5) is 11.1. The van der Waals surface area contributed by atoms with Gasteiger partial charge >= 0.3 is 0 Å². The normalized spacial score (nSPS) is 10.9.